The zero-order chi connectivity index (χ0) is 11.1. The summed E-state index contributed by atoms with van der Waals surface area (Å²) in [5, 5.41) is 2.83. The molecule has 1 heterocycles. The number of amides is 1. The molecule has 0 aliphatic carbocycles. The molecule has 0 unspecified atom stereocenters. The lowest BCUT2D eigenvalue weighted by atomic mass is 9.97. The Morgan fingerprint density at radius 1 is 1.53 bits per heavy atom. The van der Waals surface area contributed by atoms with Crippen LogP contribution in [0.5, 0.6) is 0 Å². The van der Waals surface area contributed by atoms with Crippen molar-refractivity contribution in [3.63, 3.8) is 0 Å². The van der Waals surface area contributed by atoms with Crippen molar-refractivity contribution in [2.75, 3.05) is 26.2 Å². The molecule has 3 nitrogen and oxygen atoms in total. The van der Waals surface area contributed by atoms with Gasteiger partial charge in [0.05, 0.1) is 0 Å². The largest absolute Gasteiger partial charge is 0.345 e. The van der Waals surface area contributed by atoms with Gasteiger partial charge in [0.1, 0.15) is 0 Å². The normalized spacial score (nSPS) is 18.0. The van der Waals surface area contributed by atoms with E-state index in [-0.39, 0.29) is 5.91 Å². The Labute approximate surface area is 99.7 Å². The van der Waals surface area contributed by atoms with Crippen molar-refractivity contribution in [2.45, 2.75) is 19.8 Å². The van der Waals surface area contributed by atoms with Gasteiger partial charge in [-0.05, 0) is 43.2 Å². The van der Waals surface area contributed by atoms with Crippen LogP contribution in [-0.2, 0) is 4.79 Å². The molecule has 0 aromatic carbocycles. The number of rotatable bonds is 3. The van der Waals surface area contributed by atoms with E-state index < -0.39 is 0 Å². The van der Waals surface area contributed by atoms with Gasteiger partial charge in [-0.1, -0.05) is 6.92 Å². The molecule has 15 heavy (non-hydrogen) atoms. The minimum atomic E-state index is -0.190. The number of halogens is 1. The second-order valence-corrected chi connectivity index (χ2v) is 4.20. The molecule has 4 heteroatoms. The van der Waals surface area contributed by atoms with Crippen LogP contribution in [0.15, 0.2) is 0 Å². The molecule has 0 aromatic rings. The number of piperidine rings is 1. The second kappa shape index (κ2) is 6.86. The zero-order valence-electron chi connectivity index (χ0n) is 9.05. The molecule has 1 aliphatic heterocycles. The van der Waals surface area contributed by atoms with Gasteiger partial charge in [-0.15, -0.1) is 0 Å². The third-order valence-electron chi connectivity index (χ3n) is 2.87. The standard InChI is InChI=1S/C11H17BrN2O/c1-2-14-7-4-10(5-8-14)9-13-11(15)3-6-12/h10H,2,4-5,7-9H2,1H3,(H,13,15). The van der Waals surface area contributed by atoms with Gasteiger partial charge in [-0.3, -0.25) is 4.79 Å². The number of likely N-dealkylation sites (tertiary alicyclic amines) is 1. The van der Waals surface area contributed by atoms with E-state index in [0.29, 0.717) is 5.92 Å². The highest BCUT2D eigenvalue weighted by molar-refractivity contribution is 9.12. The maximum Gasteiger partial charge on any atom is 0.296 e. The Bertz CT molecular complexity index is 261. The average Bonchev–Trinajstić information content (AvgIpc) is 2.27. The predicted molar refractivity (Wildman–Crippen MR) is 64.6 cm³/mol. The zero-order valence-corrected chi connectivity index (χ0v) is 10.6. The van der Waals surface area contributed by atoms with E-state index in [1.807, 2.05) is 0 Å². The van der Waals surface area contributed by atoms with E-state index in [2.05, 4.69) is 43.8 Å². The number of carbonyl (C=O) groups is 1. The van der Waals surface area contributed by atoms with Gasteiger partial charge >= 0.3 is 0 Å². The highest BCUT2D eigenvalue weighted by Gasteiger charge is 2.17. The van der Waals surface area contributed by atoms with Gasteiger partial charge in [0.15, 0.2) is 0 Å². The Balaban J connectivity index is 2.18. The van der Waals surface area contributed by atoms with Gasteiger partial charge < -0.3 is 10.2 Å². The van der Waals surface area contributed by atoms with Crippen LogP contribution >= 0.6 is 15.9 Å². The first-order valence-corrected chi connectivity index (χ1v) is 6.17. The Hall–Kier alpha value is -0.530. The SMILES string of the molecule is CCN1CCC(CNC(=O)C#CBr)CC1. The van der Waals surface area contributed by atoms with E-state index >= 15 is 0 Å². The third kappa shape index (κ3) is 4.67. The van der Waals surface area contributed by atoms with Crippen molar-refractivity contribution in [3.05, 3.63) is 0 Å². The highest BCUT2D eigenvalue weighted by Crippen LogP contribution is 2.15. The summed E-state index contributed by atoms with van der Waals surface area (Å²) in [6.45, 7) is 6.39. The maximum atomic E-state index is 11.1. The van der Waals surface area contributed by atoms with Crippen LogP contribution in [0.4, 0.5) is 0 Å². The van der Waals surface area contributed by atoms with Crippen molar-refractivity contribution in [3.8, 4) is 10.8 Å². The van der Waals surface area contributed by atoms with Gasteiger partial charge in [-0.2, -0.15) is 0 Å². The first kappa shape index (κ1) is 12.5. The smallest absolute Gasteiger partial charge is 0.296 e. The molecule has 84 valence electrons. The van der Waals surface area contributed by atoms with E-state index in [4.69, 9.17) is 0 Å². The lowest BCUT2D eigenvalue weighted by Gasteiger charge is -2.30. The molecule has 0 bridgehead atoms. The third-order valence-corrected chi connectivity index (χ3v) is 3.06. The minimum Gasteiger partial charge on any atom is -0.345 e. The van der Waals surface area contributed by atoms with Crippen LogP contribution in [0, 0.1) is 16.7 Å². The quantitative estimate of drug-likeness (QED) is 0.783. The fraction of sp³-hybridized carbons (Fsp3) is 0.727. The monoisotopic (exact) mass is 272 g/mol. The van der Waals surface area contributed by atoms with Crippen molar-refractivity contribution < 1.29 is 4.79 Å². The molecule has 1 rings (SSSR count). The number of hydrogen-bond donors (Lipinski definition) is 1. The molecule has 1 fully saturated rings. The van der Waals surface area contributed by atoms with Crippen molar-refractivity contribution in [2.24, 2.45) is 5.92 Å². The van der Waals surface area contributed by atoms with Crippen LogP contribution in [0.3, 0.4) is 0 Å². The van der Waals surface area contributed by atoms with Gasteiger partial charge in [0.2, 0.25) is 0 Å². The molecule has 1 saturated heterocycles. The van der Waals surface area contributed by atoms with Crippen LogP contribution < -0.4 is 5.32 Å². The maximum absolute atomic E-state index is 11.1. The average molecular weight is 273 g/mol. The molecule has 0 radical (unpaired) electrons. The van der Waals surface area contributed by atoms with E-state index in [0.717, 1.165) is 26.2 Å². The Morgan fingerprint density at radius 3 is 2.73 bits per heavy atom. The summed E-state index contributed by atoms with van der Waals surface area (Å²) in [4.78, 5) is 15.9. The van der Waals surface area contributed by atoms with Crippen LogP contribution in [0.25, 0.3) is 0 Å². The molecular formula is C11H17BrN2O. The molecule has 0 spiro atoms. The Morgan fingerprint density at radius 2 is 2.20 bits per heavy atom. The molecule has 0 aromatic heterocycles. The summed E-state index contributed by atoms with van der Waals surface area (Å²) < 4.78 is 0. The van der Waals surface area contributed by atoms with Gasteiger partial charge in [0, 0.05) is 28.4 Å². The number of hydrogen-bond acceptors (Lipinski definition) is 2. The van der Waals surface area contributed by atoms with Crippen molar-refractivity contribution in [1.29, 1.82) is 0 Å². The van der Waals surface area contributed by atoms with Gasteiger partial charge in [0.25, 0.3) is 5.91 Å². The summed E-state index contributed by atoms with van der Waals surface area (Å²) in [6.07, 6.45) is 2.35. The second-order valence-electron chi connectivity index (χ2n) is 3.81. The molecule has 1 amide bonds. The fourth-order valence-corrected chi connectivity index (χ4v) is 2.01. The molecule has 1 N–H and O–H groups in total. The predicted octanol–water partition coefficient (Wildman–Crippen LogP) is 1.19. The number of nitrogens with one attached hydrogen (secondary N) is 1. The number of nitrogens with zero attached hydrogens (tertiary/aromatic N) is 1. The minimum absolute atomic E-state index is 0.190. The molecule has 0 atom stereocenters. The van der Waals surface area contributed by atoms with Crippen LogP contribution in [0.2, 0.25) is 0 Å². The van der Waals surface area contributed by atoms with Crippen LogP contribution in [-0.4, -0.2) is 37.0 Å². The summed E-state index contributed by atoms with van der Waals surface area (Å²) in [6, 6.07) is 0. The molecular weight excluding hydrogens is 256 g/mol. The van der Waals surface area contributed by atoms with Crippen molar-refractivity contribution >= 4 is 21.8 Å². The van der Waals surface area contributed by atoms with Gasteiger partial charge in [-0.25, -0.2) is 0 Å². The molecule has 1 aliphatic rings. The van der Waals surface area contributed by atoms with Crippen molar-refractivity contribution in [1.82, 2.24) is 10.2 Å². The molecule has 0 saturated carbocycles. The summed E-state index contributed by atoms with van der Waals surface area (Å²) in [5.41, 5.74) is 0. The number of carbonyl (C=O) groups excluding carboxylic acids is 1. The summed E-state index contributed by atoms with van der Waals surface area (Å²) in [7, 11) is 0. The first-order chi connectivity index (χ1) is 7.26. The summed E-state index contributed by atoms with van der Waals surface area (Å²) >= 11 is 2.90. The van der Waals surface area contributed by atoms with E-state index in [9.17, 15) is 4.79 Å². The lowest BCUT2D eigenvalue weighted by molar-refractivity contribution is -0.115. The van der Waals surface area contributed by atoms with E-state index in [1.54, 1.807) is 0 Å². The summed E-state index contributed by atoms with van der Waals surface area (Å²) in [5.74, 6) is 2.84. The highest BCUT2D eigenvalue weighted by atomic mass is 79.9. The Kier molecular flexibility index (Phi) is 5.74. The fourth-order valence-electron chi connectivity index (χ4n) is 1.83. The first-order valence-electron chi connectivity index (χ1n) is 5.38. The van der Waals surface area contributed by atoms with Crippen LogP contribution in [0.1, 0.15) is 19.8 Å². The lowest BCUT2D eigenvalue weighted by Crippen LogP contribution is -2.38. The topological polar surface area (TPSA) is 32.3 Å². The van der Waals surface area contributed by atoms with E-state index in [1.165, 1.54) is 12.8 Å².